The van der Waals surface area contributed by atoms with Crippen molar-refractivity contribution in [2.24, 2.45) is 0 Å². The van der Waals surface area contributed by atoms with Crippen molar-refractivity contribution in [3.8, 4) is 0 Å². The van der Waals surface area contributed by atoms with Crippen molar-refractivity contribution in [2.75, 3.05) is 6.54 Å². The Morgan fingerprint density at radius 3 is 2.44 bits per heavy atom. The quantitative estimate of drug-likeness (QED) is 0.604. The molecule has 0 spiro atoms. The van der Waals surface area contributed by atoms with Crippen LogP contribution in [0.15, 0.2) is 48.7 Å². The number of rotatable bonds is 5. The van der Waals surface area contributed by atoms with Crippen LogP contribution in [-0.2, 0) is 4.79 Å². The van der Waals surface area contributed by atoms with E-state index in [1.54, 1.807) is 13.0 Å². The average molecular weight is 215 g/mol. The fourth-order valence-corrected chi connectivity index (χ4v) is 1.60. The first-order valence-corrected chi connectivity index (χ1v) is 5.28. The van der Waals surface area contributed by atoms with Crippen LogP contribution in [0.1, 0.15) is 19.4 Å². The van der Waals surface area contributed by atoms with E-state index in [0.29, 0.717) is 6.54 Å². The van der Waals surface area contributed by atoms with Crippen molar-refractivity contribution in [1.29, 1.82) is 0 Å². The van der Waals surface area contributed by atoms with E-state index in [1.165, 1.54) is 0 Å². The molecule has 1 rings (SSSR count). The van der Waals surface area contributed by atoms with Gasteiger partial charge in [0.2, 0.25) is 0 Å². The van der Waals surface area contributed by atoms with Gasteiger partial charge >= 0.3 is 0 Å². The zero-order valence-corrected chi connectivity index (χ0v) is 9.79. The van der Waals surface area contributed by atoms with Crippen molar-refractivity contribution in [3.05, 3.63) is 54.2 Å². The first-order valence-electron chi connectivity index (χ1n) is 5.28. The third-order valence-corrected chi connectivity index (χ3v) is 2.30. The number of hydrogen-bond acceptors (Lipinski definition) is 2. The van der Waals surface area contributed by atoms with Crippen LogP contribution < -0.4 is 5.32 Å². The summed E-state index contributed by atoms with van der Waals surface area (Å²) in [5, 5.41) is 3.15. The van der Waals surface area contributed by atoms with Crippen LogP contribution in [-0.4, -0.2) is 12.3 Å². The van der Waals surface area contributed by atoms with Crippen LogP contribution in [0.3, 0.4) is 0 Å². The zero-order chi connectivity index (χ0) is 12.0. The number of benzene rings is 1. The maximum Gasteiger partial charge on any atom is 0.162 e. The highest BCUT2D eigenvalue weighted by Crippen LogP contribution is 2.18. The molecule has 16 heavy (non-hydrogen) atoms. The Morgan fingerprint density at radius 2 is 1.94 bits per heavy atom. The molecule has 0 saturated heterocycles. The van der Waals surface area contributed by atoms with Crippen molar-refractivity contribution in [2.45, 2.75) is 13.8 Å². The van der Waals surface area contributed by atoms with Gasteiger partial charge in [-0.3, -0.25) is 4.79 Å². The van der Waals surface area contributed by atoms with Crippen LogP contribution in [0.25, 0.3) is 5.57 Å². The highest BCUT2D eigenvalue weighted by atomic mass is 16.1. The van der Waals surface area contributed by atoms with Crippen molar-refractivity contribution < 1.29 is 4.79 Å². The van der Waals surface area contributed by atoms with Gasteiger partial charge in [0.1, 0.15) is 0 Å². The maximum absolute atomic E-state index is 11.6. The van der Waals surface area contributed by atoms with Crippen LogP contribution >= 0.6 is 0 Å². The molecule has 2 heteroatoms. The van der Waals surface area contributed by atoms with Gasteiger partial charge in [-0.25, -0.2) is 0 Å². The summed E-state index contributed by atoms with van der Waals surface area (Å²) in [4.78, 5) is 11.6. The van der Waals surface area contributed by atoms with Gasteiger partial charge < -0.3 is 5.32 Å². The summed E-state index contributed by atoms with van der Waals surface area (Å²) < 4.78 is 0. The summed E-state index contributed by atoms with van der Waals surface area (Å²) >= 11 is 0. The largest absolute Gasteiger partial charge is 0.385 e. The predicted molar refractivity (Wildman–Crippen MR) is 67.9 cm³/mol. The normalized spacial score (nSPS) is 11.6. The summed E-state index contributed by atoms with van der Waals surface area (Å²) in [6, 6.07) is 9.68. The molecular formula is C14H17NO. The molecule has 0 saturated carbocycles. The van der Waals surface area contributed by atoms with Crippen molar-refractivity contribution >= 4 is 11.4 Å². The Bertz CT molecular complexity index is 404. The molecule has 84 valence electrons. The molecule has 0 aromatic heterocycles. The van der Waals surface area contributed by atoms with Crippen LogP contribution in [0.5, 0.6) is 0 Å². The molecule has 0 aliphatic carbocycles. The standard InChI is InChI=1S/C14H17NO/c1-4-10-15-11(2)14(12(3)16)13-8-6-5-7-9-13/h4-9,15H,1,10H2,2-3H3/b14-11+. The summed E-state index contributed by atoms with van der Waals surface area (Å²) in [6.07, 6.45) is 1.77. The molecule has 1 N–H and O–H groups in total. The zero-order valence-electron chi connectivity index (χ0n) is 9.79. The average Bonchev–Trinajstić information content (AvgIpc) is 2.27. The van der Waals surface area contributed by atoms with Crippen molar-refractivity contribution in [1.82, 2.24) is 5.32 Å². The molecule has 1 aromatic carbocycles. The minimum absolute atomic E-state index is 0.0697. The number of carbonyl (C=O) groups excluding carboxylic acids is 1. The maximum atomic E-state index is 11.6. The highest BCUT2D eigenvalue weighted by molar-refractivity contribution is 6.20. The molecule has 1 aromatic rings. The number of carbonyl (C=O) groups is 1. The third kappa shape index (κ3) is 3.09. The lowest BCUT2D eigenvalue weighted by molar-refractivity contribution is -0.111. The van der Waals surface area contributed by atoms with Crippen LogP contribution in [0.2, 0.25) is 0 Å². The van der Waals surface area contributed by atoms with E-state index in [1.807, 2.05) is 37.3 Å². The Hall–Kier alpha value is -1.83. The van der Waals surface area contributed by atoms with Gasteiger partial charge in [-0.15, -0.1) is 6.58 Å². The Morgan fingerprint density at radius 1 is 1.31 bits per heavy atom. The molecule has 0 heterocycles. The topological polar surface area (TPSA) is 29.1 Å². The van der Waals surface area contributed by atoms with E-state index in [9.17, 15) is 4.79 Å². The summed E-state index contributed by atoms with van der Waals surface area (Å²) in [5.74, 6) is 0.0697. The smallest absolute Gasteiger partial charge is 0.162 e. The number of nitrogens with one attached hydrogen (secondary N) is 1. The van der Waals surface area contributed by atoms with E-state index in [-0.39, 0.29) is 5.78 Å². The van der Waals surface area contributed by atoms with E-state index < -0.39 is 0 Å². The molecule has 0 aliphatic heterocycles. The van der Waals surface area contributed by atoms with Crippen molar-refractivity contribution in [3.63, 3.8) is 0 Å². The second kappa shape index (κ2) is 5.91. The number of Topliss-reactive ketones (excluding diaryl/α,β-unsaturated/α-hetero) is 1. The number of allylic oxidation sites excluding steroid dienone is 2. The number of hydrogen-bond donors (Lipinski definition) is 1. The van der Waals surface area contributed by atoms with Gasteiger partial charge in [-0.1, -0.05) is 36.4 Å². The second-order valence-corrected chi connectivity index (χ2v) is 3.59. The molecule has 0 fully saturated rings. The predicted octanol–water partition coefficient (Wildman–Crippen LogP) is 2.78. The highest BCUT2D eigenvalue weighted by Gasteiger charge is 2.10. The molecule has 2 nitrogen and oxygen atoms in total. The van der Waals surface area contributed by atoms with Gasteiger partial charge in [0.05, 0.1) is 0 Å². The van der Waals surface area contributed by atoms with Gasteiger partial charge in [0.15, 0.2) is 5.78 Å². The van der Waals surface area contributed by atoms with Gasteiger partial charge in [-0.2, -0.15) is 0 Å². The van der Waals surface area contributed by atoms with Gasteiger partial charge in [0, 0.05) is 17.8 Å². The summed E-state index contributed by atoms with van der Waals surface area (Å²) in [5.41, 5.74) is 2.57. The Labute approximate surface area is 96.7 Å². The summed E-state index contributed by atoms with van der Waals surface area (Å²) in [6.45, 7) is 7.80. The second-order valence-electron chi connectivity index (χ2n) is 3.59. The Balaban J connectivity index is 3.08. The first kappa shape index (κ1) is 12.2. The lowest BCUT2D eigenvalue weighted by Crippen LogP contribution is -2.14. The van der Waals surface area contributed by atoms with E-state index in [2.05, 4.69) is 11.9 Å². The third-order valence-electron chi connectivity index (χ3n) is 2.30. The molecule has 0 radical (unpaired) electrons. The van der Waals surface area contributed by atoms with Crippen LogP contribution in [0.4, 0.5) is 0 Å². The molecule has 0 amide bonds. The van der Waals surface area contributed by atoms with E-state index in [4.69, 9.17) is 0 Å². The lowest BCUT2D eigenvalue weighted by atomic mass is 10.0. The van der Waals surface area contributed by atoms with E-state index in [0.717, 1.165) is 16.8 Å². The van der Waals surface area contributed by atoms with E-state index >= 15 is 0 Å². The minimum atomic E-state index is 0.0697. The van der Waals surface area contributed by atoms with Crippen LogP contribution in [0, 0.1) is 0 Å². The molecular weight excluding hydrogens is 198 g/mol. The van der Waals surface area contributed by atoms with Gasteiger partial charge in [-0.05, 0) is 19.4 Å². The number of ketones is 1. The Kier molecular flexibility index (Phi) is 4.52. The monoisotopic (exact) mass is 215 g/mol. The molecule has 0 atom stereocenters. The lowest BCUT2D eigenvalue weighted by Gasteiger charge is -2.11. The SMILES string of the molecule is C=CCN/C(C)=C(\C(C)=O)c1ccccc1. The fraction of sp³-hybridized carbons (Fsp3) is 0.214. The molecule has 0 unspecified atom stereocenters. The minimum Gasteiger partial charge on any atom is -0.385 e. The molecule has 0 aliphatic rings. The first-order chi connectivity index (χ1) is 7.66. The fourth-order valence-electron chi connectivity index (χ4n) is 1.60. The summed E-state index contributed by atoms with van der Waals surface area (Å²) in [7, 11) is 0. The van der Waals surface area contributed by atoms with Gasteiger partial charge in [0.25, 0.3) is 0 Å². The molecule has 0 bridgehead atoms.